The minimum absolute atomic E-state index is 0.177. The van der Waals surface area contributed by atoms with Crippen LogP contribution in [0.2, 0.25) is 0 Å². The molecule has 1 aliphatic rings. The standard InChI is InChI=1S/C19H20FNO3/c1-23-19(22)15-4-2-13(3-5-15)10-21-18-12-24-11-17(18)14-6-8-16(20)9-7-14/h2-9,17-18,21H,10-12H2,1H3/t17-,18+/m0/s1. The first-order valence-corrected chi connectivity index (χ1v) is 7.91. The number of carbonyl (C=O) groups excluding carboxylic acids is 1. The van der Waals surface area contributed by atoms with E-state index in [1.54, 1.807) is 12.1 Å². The number of hydrogen-bond acceptors (Lipinski definition) is 4. The first-order chi connectivity index (χ1) is 11.7. The van der Waals surface area contributed by atoms with Crippen molar-refractivity contribution in [2.24, 2.45) is 0 Å². The highest BCUT2D eigenvalue weighted by molar-refractivity contribution is 5.89. The van der Waals surface area contributed by atoms with E-state index in [0.717, 1.165) is 11.1 Å². The largest absolute Gasteiger partial charge is 0.465 e. The molecular weight excluding hydrogens is 309 g/mol. The van der Waals surface area contributed by atoms with Gasteiger partial charge in [-0.05, 0) is 35.4 Å². The van der Waals surface area contributed by atoms with Gasteiger partial charge in [0.05, 0.1) is 25.9 Å². The zero-order valence-electron chi connectivity index (χ0n) is 13.5. The highest BCUT2D eigenvalue weighted by Gasteiger charge is 2.29. The molecule has 1 heterocycles. The molecular formula is C19H20FNO3. The van der Waals surface area contributed by atoms with Crippen molar-refractivity contribution < 1.29 is 18.7 Å². The normalized spacial score (nSPS) is 20.1. The number of ether oxygens (including phenoxy) is 2. The lowest BCUT2D eigenvalue weighted by Gasteiger charge is -2.19. The zero-order valence-corrected chi connectivity index (χ0v) is 13.5. The summed E-state index contributed by atoms with van der Waals surface area (Å²) in [6, 6.07) is 14.1. The molecule has 5 heteroatoms. The van der Waals surface area contributed by atoms with Gasteiger partial charge in [0.15, 0.2) is 0 Å². The molecule has 1 fully saturated rings. The van der Waals surface area contributed by atoms with Crippen LogP contribution in [-0.4, -0.2) is 32.3 Å². The Kier molecular flexibility index (Phi) is 5.23. The molecule has 2 aromatic rings. The second-order valence-electron chi connectivity index (χ2n) is 5.87. The summed E-state index contributed by atoms with van der Waals surface area (Å²) in [6.07, 6.45) is 0. The number of carbonyl (C=O) groups is 1. The molecule has 2 aromatic carbocycles. The summed E-state index contributed by atoms with van der Waals surface area (Å²) >= 11 is 0. The maximum absolute atomic E-state index is 13.1. The van der Waals surface area contributed by atoms with Gasteiger partial charge in [0.25, 0.3) is 0 Å². The van der Waals surface area contributed by atoms with Crippen molar-refractivity contribution in [3.8, 4) is 0 Å². The molecule has 0 bridgehead atoms. The van der Waals surface area contributed by atoms with Crippen LogP contribution in [0.25, 0.3) is 0 Å². The van der Waals surface area contributed by atoms with Crippen LogP contribution in [0.15, 0.2) is 48.5 Å². The fourth-order valence-electron chi connectivity index (χ4n) is 2.92. The fraction of sp³-hybridized carbons (Fsp3) is 0.316. The Balaban J connectivity index is 1.61. The number of halogens is 1. The van der Waals surface area contributed by atoms with E-state index < -0.39 is 0 Å². The van der Waals surface area contributed by atoms with Crippen molar-refractivity contribution in [3.63, 3.8) is 0 Å². The third-order valence-electron chi connectivity index (χ3n) is 4.32. The van der Waals surface area contributed by atoms with E-state index in [1.165, 1.54) is 19.2 Å². The monoisotopic (exact) mass is 329 g/mol. The lowest BCUT2D eigenvalue weighted by molar-refractivity contribution is 0.0600. The van der Waals surface area contributed by atoms with E-state index in [-0.39, 0.29) is 23.7 Å². The molecule has 2 atom stereocenters. The van der Waals surface area contributed by atoms with Crippen LogP contribution in [0.4, 0.5) is 4.39 Å². The van der Waals surface area contributed by atoms with Crippen LogP contribution >= 0.6 is 0 Å². The molecule has 1 saturated heterocycles. The predicted molar refractivity (Wildman–Crippen MR) is 88.4 cm³/mol. The highest BCUT2D eigenvalue weighted by atomic mass is 19.1. The zero-order chi connectivity index (χ0) is 16.9. The summed E-state index contributed by atoms with van der Waals surface area (Å²) in [5, 5.41) is 3.49. The van der Waals surface area contributed by atoms with Gasteiger partial charge in [-0.3, -0.25) is 0 Å². The second kappa shape index (κ2) is 7.55. The molecule has 126 valence electrons. The van der Waals surface area contributed by atoms with Gasteiger partial charge >= 0.3 is 5.97 Å². The minimum Gasteiger partial charge on any atom is -0.465 e. The van der Waals surface area contributed by atoms with Gasteiger partial charge in [-0.25, -0.2) is 9.18 Å². The van der Waals surface area contributed by atoms with Crippen LogP contribution in [0.3, 0.4) is 0 Å². The van der Waals surface area contributed by atoms with Crippen molar-refractivity contribution >= 4 is 5.97 Å². The quantitative estimate of drug-likeness (QED) is 0.857. The Morgan fingerprint density at radius 3 is 2.54 bits per heavy atom. The second-order valence-corrected chi connectivity index (χ2v) is 5.87. The van der Waals surface area contributed by atoms with E-state index in [1.807, 2.05) is 24.3 Å². The molecule has 1 N–H and O–H groups in total. The van der Waals surface area contributed by atoms with E-state index in [0.29, 0.717) is 25.3 Å². The van der Waals surface area contributed by atoms with Gasteiger partial charge in [0, 0.05) is 18.5 Å². The fourth-order valence-corrected chi connectivity index (χ4v) is 2.92. The first-order valence-electron chi connectivity index (χ1n) is 7.91. The van der Waals surface area contributed by atoms with E-state index in [4.69, 9.17) is 9.47 Å². The molecule has 0 saturated carbocycles. The van der Waals surface area contributed by atoms with Gasteiger partial charge in [-0.1, -0.05) is 24.3 Å². The van der Waals surface area contributed by atoms with E-state index in [2.05, 4.69) is 5.32 Å². The van der Waals surface area contributed by atoms with Crippen molar-refractivity contribution in [2.75, 3.05) is 20.3 Å². The van der Waals surface area contributed by atoms with E-state index >= 15 is 0 Å². The van der Waals surface area contributed by atoms with Crippen LogP contribution in [0.5, 0.6) is 0 Å². The maximum atomic E-state index is 13.1. The summed E-state index contributed by atoms with van der Waals surface area (Å²) in [6.45, 7) is 1.93. The number of rotatable bonds is 5. The van der Waals surface area contributed by atoms with Gasteiger partial charge in [0.2, 0.25) is 0 Å². The molecule has 1 aliphatic heterocycles. The van der Waals surface area contributed by atoms with Crippen LogP contribution in [0.1, 0.15) is 27.4 Å². The van der Waals surface area contributed by atoms with Crippen molar-refractivity contribution in [1.82, 2.24) is 5.32 Å². The molecule has 0 unspecified atom stereocenters. The number of esters is 1. The molecule has 0 spiro atoms. The number of nitrogens with one attached hydrogen (secondary N) is 1. The Hall–Kier alpha value is -2.24. The van der Waals surface area contributed by atoms with Crippen LogP contribution in [-0.2, 0) is 16.0 Å². The molecule has 0 aliphatic carbocycles. The van der Waals surface area contributed by atoms with E-state index in [9.17, 15) is 9.18 Å². The molecule has 0 amide bonds. The Bertz CT molecular complexity index is 685. The minimum atomic E-state index is -0.338. The molecule has 4 nitrogen and oxygen atoms in total. The summed E-state index contributed by atoms with van der Waals surface area (Å²) in [5.74, 6) is -0.358. The SMILES string of the molecule is COC(=O)c1ccc(CN[C@@H]2COC[C@H]2c2ccc(F)cc2)cc1. The number of benzene rings is 2. The van der Waals surface area contributed by atoms with Crippen molar-refractivity contribution in [3.05, 3.63) is 71.0 Å². The molecule has 24 heavy (non-hydrogen) atoms. The first kappa shape index (κ1) is 16.6. The number of methoxy groups -OCH3 is 1. The summed E-state index contributed by atoms with van der Waals surface area (Å²) in [5.41, 5.74) is 2.69. The van der Waals surface area contributed by atoms with Gasteiger partial charge in [-0.2, -0.15) is 0 Å². The number of hydrogen-bond donors (Lipinski definition) is 1. The van der Waals surface area contributed by atoms with Crippen LogP contribution in [0, 0.1) is 5.82 Å². The Morgan fingerprint density at radius 1 is 1.17 bits per heavy atom. The molecule has 3 rings (SSSR count). The molecule has 0 aromatic heterocycles. The average molecular weight is 329 g/mol. The highest BCUT2D eigenvalue weighted by Crippen LogP contribution is 2.26. The summed E-state index contributed by atoms with van der Waals surface area (Å²) in [4.78, 5) is 11.4. The maximum Gasteiger partial charge on any atom is 0.337 e. The lowest BCUT2D eigenvalue weighted by atomic mass is 9.94. The van der Waals surface area contributed by atoms with Crippen molar-refractivity contribution in [2.45, 2.75) is 18.5 Å². The summed E-state index contributed by atoms with van der Waals surface area (Å²) in [7, 11) is 1.37. The van der Waals surface area contributed by atoms with Gasteiger partial charge in [-0.15, -0.1) is 0 Å². The third kappa shape index (κ3) is 3.80. The van der Waals surface area contributed by atoms with Gasteiger partial charge in [0.1, 0.15) is 5.82 Å². The molecule has 0 radical (unpaired) electrons. The Morgan fingerprint density at radius 2 is 1.88 bits per heavy atom. The lowest BCUT2D eigenvalue weighted by Crippen LogP contribution is -2.33. The third-order valence-corrected chi connectivity index (χ3v) is 4.32. The van der Waals surface area contributed by atoms with Gasteiger partial charge < -0.3 is 14.8 Å². The topological polar surface area (TPSA) is 47.6 Å². The average Bonchev–Trinajstić information content (AvgIpc) is 3.09. The predicted octanol–water partition coefficient (Wildman–Crippen LogP) is 2.88. The summed E-state index contributed by atoms with van der Waals surface area (Å²) < 4.78 is 23.4. The van der Waals surface area contributed by atoms with Crippen molar-refractivity contribution in [1.29, 1.82) is 0 Å². The smallest absolute Gasteiger partial charge is 0.337 e. The van der Waals surface area contributed by atoms with Crippen LogP contribution < -0.4 is 5.32 Å². The Labute approximate surface area is 140 Å².